The predicted octanol–water partition coefficient (Wildman–Crippen LogP) is 2.44. The highest BCUT2D eigenvalue weighted by molar-refractivity contribution is 6.08. The Labute approximate surface area is 195 Å². The van der Waals surface area contributed by atoms with Gasteiger partial charge in [0, 0.05) is 37.7 Å². The standard InChI is InChI=1S/C26H35NO6/c1-13-15-8-9-16-24-12-31-26(25(16,18(13)28)21(15)32-23(4,5)33-26)20(30)17(24)22(2,3)10-14(19(24)29)11-27(6)7/h11,15-17,20-21,30H,1,8-10,12H2,2-7H3/b14-11-/t15-,16-,17+,20-,21+,24-,25-,26?/m0/s1. The molecule has 7 rings (SSSR count). The molecule has 4 bridgehead atoms. The van der Waals surface area contributed by atoms with Crippen molar-refractivity contribution in [1.29, 1.82) is 0 Å². The first-order valence-corrected chi connectivity index (χ1v) is 12.1. The van der Waals surface area contributed by atoms with E-state index in [2.05, 4.69) is 20.4 Å². The van der Waals surface area contributed by atoms with E-state index in [1.165, 1.54) is 0 Å². The normalized spacial score (nSPS) is 52.0. The lowest BCUT2D eigenvalue weighted by Crippen LogP contribution is -2.88. The van der Waals surface area contributed by atoms with E-state index in [1.807, 2.05) is 39.0 Å². The molecule has 0 aromatic rings. The molecular formula is C26H35NO6. The van der Waals surface area contributed by atoms with Crippen molar-refractivity contribution in [2.75, 3.05) is 20.7 Å². The fourth-order valence-corrected chi connectivity index (χ4v) is 9.10. The Morgan fingerprint density at radius 3 is 2.48 bits per heavy atom. The molecule has 7 nitrogen and oxygen atoms in total. The molecule has 4 aliphatic carbocycles. The zero-order chi connectivity index (χ0) is 23.9. The van der Waals surface area contributed by atoms with Gasteiger partial charge in [-0.2, -0.15) is 0 Å². The molecule has 7 heteroatoms. The topological polar surface area (TPSA) is 85.3 Å². The number of aliphatic hydroxyl groups is 1. The van der Waals surface area contributed by atoms with Crippen LogP contribution in [0, 0.1) is 34.0 Å². The minimum atomic E-state index is -1.55. The quantitative estimate of drug-likeness (QED) is 0.606. The van der Waals surface area contributed by atoms with Crippen LogP contribution < -0.4 is 0 Å². The maximum absolute atomic E-state index is 14.4. The Bertz CT molecular complexity index is 1030. The molecule has 0 aromatic carbocycles. The molecule has 33 heavy (non-hydrogen) atoms. The molecule has 180 valence electrons. The van der Waals surface area contributed by atoms with Crippen LogP contribution in [0.3, 0.4) is 0 Å². The van der Waals surface area contributed by atoms with Crippen LogP contribution in [-0.4, -0.2) is 66.1 Å². The number of carbonyl (C=O) groups excluding carboxylic acids is 2. The summed E-state index contributed by atoms with van der Waals surface area (Å²) >= 11 is 0. The Morgan fingerprint density at radius 1 is 1.12 bits per heavy atom. The molecule has 0 amide bonds. The SMILES string of the molecule is C=C1C(=O)[C@@]23[C@@H]4OC(C)(C)OC25OC[C@]2(C(=O)/C(=C\N(C)C)CC(C)(C)[C@H]2[C@@H]5O)[C@@H]3CC[C@@H]14. The zero-order valence-electron chi connectivity index (χ0n) is 20.4. The van der Waals surface area contributed by atoms with Gasteiger partial charge in [0.15, 0.2) is 17.4 Å². The highest BCUT2D eigenvalue weighted by Gasteiger charge is 2.90. The molecular weight excluding hydrogens is 422 g/mol. The number of rotatable bonds is 1. The molecule has 8 atom stereocenters. The number of hydrogen-bond acceptors (Lipinski definition) is 7. The van der Waals surface area contributed by atoms with Gasteiger partial charge in [-0.25, -0.2) is 0 Å². The Kier molecular flexibility index (Phi) is 3.98. The minimum absolute atomic E-state index is 0.000374. The summed E-state index contributed by atoms with van der Waals surface area (Å²) in [5.41, 5.74) is -1.43. The summed E-state index contributed by atoms with van der Waals surface area (Å²) in [6, 6.07) is 0. The summed E-state index contributed by atoms with van der Waals surface area (Å²) < 4.78 is 19.5. The van der Waals surface area contributed by atoms with Gasteiger partial charge in [0.25, 0.3) is 0 Å². The van der Waals surface area contributed by atoms with Gasteiger partial charge in [-0.15, -0.1) is 0 Å². The highest BCUT2D eigenvalue weighted by atomic mass is 16.8. The first-order valence-electron chi connectivity index (χ1n) is 12.1. The van der Waals surface area contributed by atoms with Gasteiger partial charge in [0.1, 0.15) is 11.5 Å². The third-order valence-electron chi connectivity index (χ3n) is 9.65. The molecule has 4 saturated carbocycles. The van der Waals surface area contributed by atoms with E-state index < -0.39 is 45.9 Å². The lowest BCUT2D eigenvalue weighted by atomic mass is 9.35. The Morgan fingerprint density at radius 2 is 1.82 bits per heavy atom. The van der Waals surface area contributed by atoms with Crippen molar-refractivity contribution in [3.63, 3.8) is 0 Å². The smallest absolute Gasteiger partial charge is 0.213 e. The summed E-state index contributed by atoms with van der Waals surface area (Å²) in [6.07, 6.45) is 2.21. The van der Waals surface area contributed by atoms with Crippen molar-refractivity contribution < 1.29 is 28.9 Å². The van der Waals surface area contributed by atoms with Crippen molar-refractivity contribution >= 4 is 11.6 Å². The average Bonchev–Trinajstić information content (AvgIpc) is 2.81. The van der Waals surface area contributed by atoms with Crippen LogP contribution in [0.1, 0.15) is 47.0 Å². The van der Waals surface area contributed by atoms with Gasteiger partial charge < -0.3 is 24.2 Å². The summed E-state index contributed by atoms with van der Waals surface area (Å²) in [5.74, 6) is -3.63. The number of allylic oxidation sites excluding steroid dienone is 1. The lowest BCUT2D eigenvalue weighted by molar-refractivity contribution is -0.523. The maximum Gasteiger partial charge on any atom is 0.213 e. The second kappa shape index (κ2) is 5.99. The van der Waals surface area contributed by atoms with Gasteiger partial charge in [0.05, 0.1) is 18.1 Å². The van der Waals surface area contributed by atoms with E-state index in [1.54, 1.807) is 0 Å². The highest BCUT2D eigenvalue weighted by Crippen LogP contribution is 2.78. The average molecular weight is 458 g/mol. The van der Waals surface area contributed by atoms with Crippen molar-refractivity contribution in [2.45, 2.75) is 70.7 Å². The number of hydrogen-bond donors (Lipinski definition) is 1. The predicted molar refractivity (Wildman–Crippen MR) is 119 cm³/mol. The number of ketones is 2. The molecule has 7 aliphatic rings. The number of carbonyl (C=O) groups is 2. The Balaban J connectivity index is 1.66. The molecule has 3 aliphatic heterocycles. The van der Waals surface area contributed by atoms with E-state index in [4.69, 9.17) is 14.2 Å². The number of Topliss-reactive ketones (excluding diaryl/α,β-unsaturated/α-hetero) is 2. The van der Waals surface area contributed by atoms with E-state index >= 15 is 0 Å². The molecule has 3 spiro atoms. The van der Waals surface area contributed by atoms with Crippen molar-refractivity contribution in [1.82, 2.24) is 4.90 Å². The summed E-state index contributed by atoms with van der Waals surface area (Å²) in [6.45, 7) is 12.2. The Hall–Kier alpha value is -1.54. The maximum atomic E-state index is 14.4. The van der Waals surface area contributed by atoms with Gasteiger partial charge in [-0.1, -0.05) is 20.4 Å². The molecule has 1 unspecified atom stereocenters. The third-order valence-corrected chi connectivity index (χ3v) is 9.65. The molecule has 3 saturated heterocycles. The largest absolute Gasteiger partial charge is 0.387 e. The number of ether oxygens (including phenoxy) is 3. The molecule has 7 fully saturated rings. The molecule has 0 aromatic heterocycles. The summed E-state index contributed by atoms with van der Waals surface area (Å²) in [7, 11) is 3.81. The molecule has 1 N–H and O–H groups in total. The van der Waals surface area contributed by atoms with E-state index in [0.717, 1.165) is 12.0 Å². The van der Waals surface area contributed by atoms with Crippen molar-refractivity contribution in [3.05, 3.63) is 23.9 Å². The third kappa shape index (κ3) is 2.14. The van der Waals surface area contributed by atoms with Crippen LogP contribution in [0.4, 0.5) is 0 Å². The number of fused-ring (bicyclic) bond motifs is 1. The molecule has 3 heterocycles. The van der Waals surface area contributed by atoms with E-state index in [9.17, 15) is 14.7 Å². The summed E-state index contributed by atoms with van der Waals surface area (Å²) in [4.78, 5) is 30.4. The molecule has 0 radical (unpaired) electrons. The van der Waals surface area contributed by atoms with Gasteiger partial charge in [0.2, 0.25) is 5.79 Å². The second-order valence-corrected chi connectivity index (χ2v) is 12.5. The van der Waals surface area contributed by atoms with Crippen molar-refractivity contribution in [3.8, 4) is 0 Å². The number of nitrogens with zero attached hydrogens (tertiary/aromatic N) is 1. The first-order chi connectivity index (χ1) is 15.3. The monoisotopic (exact) mass is 457 g/mol. The summed E-state index contributed by atoms with van der Waals surface area (Å²) in [5, 5.41) is 12.1. The number of aliphatic hydroxyl groups excluding tert-OH is 1. The minimum Gasteiger partial charge on any atom is -0.387 e. The van der Waals surface area contributed by atoms with Crippen LogP contribution in [0.15, 0.2) is 23.9 Å². The van der Waals surface area contributed by atoms with Gasteiger partial charge in [-0.3, -0.25) is 9.59 Å². The van der Waals surface area contributed by atoms with E-state index in [-0.39, 0.29) is 30.0 Å². The van der Waals surface area contributed by atoms with Crippen LogP contribution >= 0.6 is 0 Å². The first kappa shape index (κ1) is 22.0. The van der Waals surface area contributed by atoms with Crippen LogP contribution in [0.5, 0.6) is 0 Å². The van der Waals surface area contributed by atoms with Crippen LogP contribution in [0.2, 0.25) is 0 Å². The van der Waals surface area contributed by atoms with Crippen LogP contribution in [-0.2, 0) is 23.8 Å². The second-order valence-electron chi connectivity index (χ2n) is 12.5. The lowest BCUT2D eigenvalue weighted by Gasteiger charge is -2.76. The van der Waals surface area contributed by atoms with Crippen LogP contribution in [0.25, 0.3) is 0 Å². The fraction of sp³-hybridized carbons (Fsp3) is 0.769. The van der Waals surface area contributed by atoms with Gasteiger partial charge >= 0.3 is 0 Å². The fourth-order valence-electron chi connectivity index (χ4n) is 9.10. The van der Waals surface area contributed by atoms with E-state index in [0.29, 0.717) is 18.4 Å². The van der Waals surface area contributed by atoms with Gasteiger partial charge in [-0.05, 0) is 50.0 Å². The van der Waals surface area contributed by atoms with Crippen molar-refractivity contribution in [2.24, 2.45) is 34.0 Å². The zero-order valence-corrected chi connectivity index (χ0v) is 20.4.